The Morgan fingerprint density at radius 2 is 1.82 bits per heavy atom. The van der Waals surface area contributed by atoms with Crippen molar-refractivity contribution in [2.45, 2.75) is 51.8 Å². The number of amides is 2. The summed E-state index contributed by atoms with van der Waals surface area (Å²) < 4.78 is 14.7. The van der Waals surface area contributed by atoms with E-state index in [1.165, 1.54) is 6.07 Å². The Balaban J connectivity index is 1.60. The highest BCUT2D eigenvalue weighted by Crippen LogP contribution is 2.24. The maximum absolute atomic E-state index is 14.7. The first kappa shape index (κ1) is 25.0. The predicted molar refractivity (Wildman–Crippen MR) is 128 cm³/mol. The number of halogens is 2. The van der Waals surface area contributed by atoms with Gasteiger partial charge in [-0.1, -0.05) is 31.5 Å². The van der Waals surface area contributed by atoms with Crippen LogP contribution in [0.4, 0.5) is 10.1 Å². The molecule has 0 radical (unpaired) electrons. The molecule has 0 aliphatic carbocycles. The molecule has 8 heteroatoms. The summed E-state index contributed by atoms with van der Waals surface area (Å²) in [5, 5.41) is 15.8. The summed E-state index contributed by atoms with van der Waals surface area (Å²) in [6.45, 7) is 5.32. The van der Waals surface area contributed by atoms with Gasteiger partial charge in [0.05, 0.1) is 11.8 Å². The number of aliphatic hydroxyl groups is 1. The lowest BCUT2D eigenvalue weighted by Gasteiger charge is -2.31. The fraction of sp³-hybridized carbons (Fsp3) is 0.440. The number of aliphatic hydroxyl groups excluding tert-OH is 1. The third-order valence-corrected chi connectivity index (χ3v) is 5.97. The lowest BCUT2D eigenvalue weighted by atomic mass is 10.0. The molecule has 0 bridgehead atoms. The van der Waals surface area contributed by atoms with Crippen molar-refractivity contribution in [2.24, 2.45) is 5.92 Å². The predicted octanol–water partition coefficient (Wildman–Crippen LogP) is 3.90. The number of rotatable bonds is 8. The third-order valence-electron chi connectivity index (χ3n) is 5.72. The molecule has 6 nitrogen and oxygen atoms in total. The van der Waals surface area contributed by atoms with Gasteiger partial charge in [-0.2, -0.15) is 0 Å². The van der Waals surface area contributed by atoms with E-state index in [4.69, 9.17) is 11.6 Å². The zero-order valence-corrected chi connectivity index (χ0v) is 19.7. The second-order valence-corrected chi connectivity index (χ2v) is 9.32. The third kappa shape index (κ3) is 7.17. The number of anilines is 1. The summed E-state index contributed by atoms with van der Waals surface area (Å²) in [5.74, 6) is -0.839. The van der Waals surface area contributed by atoms with Crippen LogP contribution in [-0.4, -0.2) is 42.2 Å². The Labute approximate surface area is 199 Å². The van der Waals surface area contributed by atoms with Crippen molar-refractivity contribution < 1.29 is 19.1 Å². The monoisotopic (exact) mass is 475 g/mol. The minimum atomic E-state index is -0.711. The largest absolute Gasteiger partial charge is 0.393 e. The number of piperidine rings is 1. The highest BCUT2D eigenvalue weighted by Gasteiger charge is 2.23. The van der Waals surface area contributed by atoms with Crippen LogP contribution in [0.3, 0.4) is 0 Å². The van der Waals surface area contributed by atoms with Crippen molar-refractivity contribution in [3.05, 3.63) is 64.4 Å². The van der Waals surface area contributed by atoms with Gasteiger partial charge in [-0.25, -0.2) is 4.39 Å². The van der Waals surface area contributed by atoms with Crippen molar-refractivity contribution >= 4 is 29.1 Å². The van der Waals surface area contributed by atoms with Crippen LogP contribution >= 0.6 is 11.6 Å². The quantitative estimate of drug-likeness (QED) is 0.541. The van der Waals surface area contributed by atoms with Gasteiger partial charge in [0.25, 0.3) is 5.91 Å². The molecular weight excluding hydrogens is 445 g/mol. The van der Waals surface area contributed by atoms with Gasteiger partial charge < -0.3 is 20.6 Å². The molecule has 0 saturated carbocycles. The Morgan fingerprint density at radius 1 is 1.15 bits per heavy atom. The maximum Gasteiger partial charge on any atom is 0.251 e. The second kappa shape index (κ2) is 11.5. The molecule has 0 aromatic heterocycles. The van der Waals surface area contributed by atoms with Crippen molar-refractivity contribution in [1.29, 1.82) is 0 Å². The van der Waals surface area contributed by atoms with E-state index in [9.17, 15) is 19.1 Å². The topological polar surface area (TPSA) is 81.7 Å². The van der Waals surface area contributed by atoms with Crippen molar-refractivity contribution in [2.75, 3.05) is 18.0 Å². The maximum atomic E-state index is 14.7. The molecule has 3 rings (SSSR count). The van der Waals surface area contributed by atoms with Crippen LogP contribution in [0.15, 0.2) is 42.5 Å². The zero-order valence-electron chi connectivity index (χ0n) is 19.0. The Kier molecular flexibility index (Phi) is 8.69. The molecule has 3 N–H and O–H groups in total. The molecule has 33 heavy (non-hydrogen) atoms. The highest BCUT2D eigenvalue weighted by molar-refractivity contribution is 6.30. The minimum Gasteiger partial charge on any atom is -0.393 e. The summed E-state index contributed by atoms with van der Waals surface area (Å²) in [7, 11) is 0. The van der Waals surface area contributed by atoms with E-state index in [2.05, 4.69) is 10.6 Å². The average molecular weight is 476 g/mol. The van der Waals surface area contributed by atoms with E-state index in [0.29, 0.717) is 54.2 Å². The first-order valence-corrected chi connectivity index (χ1v) is 11.7. The molecule has 178 valence electrons. The van der Waals surface area contributed by atoms with Crippen LogP contribution < -0.4 is 15.5 Å². The molecule has 1 unspecified atom stereocenters. The molecule has 0 spiro atoms. The number of nitrogens with zero attached hydrogens (tertiary/aromatic N) is 1. The molecule has 1 fully saturated rings. The minimum absolute atomic E-state index is 0.153. The Morgan fingerprint density at radius 3 is 2.42 bits per heavy atom. The second-order valence-electron chi connectivity index (χ2n) is 8.88. The fourth-order valence-corrected chi connectivity index (χ4v) is 4.01. The summed E-state index contributed by atoms with van der Waals surface area (Å²) in [6.07, 6.45) is 1.39. The number of carbonyl (C=O) groups is 2. The van der Waals surface area contributed by atoms with Gasteiger partial charge in [0.15, 0.2) is 0 Å². The van der Waals surface area contributed by atoms with Crippen LogP contribution in [0.5, 0.6) is 0 Å². The van der Waals surface area contributed by atoms with E-state index in [-0.39, 0.29) is 36.2 Å². The van der Waals surface area contributed by atoms with E-state index < -0.39 is 6.04 Å². The standard InChI is InChI=1S/C25H31ClFN3O3/c1-16(2)13-22(29-24(32)18-4-6-19(26)7-5-18)25(33)28-15-17-3-8-23(21(27)14-17)30-11-9-20(31)10-12-30/h3-8,14,16,20,22,31H,9-13,15H2,1-2H3,(H,28,33)(H,29,32). The summed E-state index contributed by atoms with van der Waals surface area (Å²) in [6, 6.07) is 10.7. The number of carbonyl (C=O) groups excluding carboxylic acids is 2. The summed E-state index contributed by atoms with van der Waals surface area (Å²) in [4.78, 5) is 27.3. The number of benzene rings is 2. The number of hydrogen-bond donors (Lipinski definition) is 3. The lowest BCUT2D eigenvalue weighted by Crippen LogP contribution is -2.47. The highest BCUT2D eigenvalue weighted by atomic mass is 35.5. The number of hydrogen-bond acceptors (Lipinski definition) is 4. The van der Waals surface area contributed by atoms with Crippen LogP contribution in [0, 0.1) is 11.7 Å². The Hall–Kier alpha value is -2.64. The van der Waals surface area contributed by atoms with Crippen molar-refractivity contribution in [3.63, 3.8) is 0 Å². The lowest BCUT2D eigenvalue weighted by molar-refractivity contribution is -0.123. The molecule has 2 amide bonds. The van der Waals surface area contributed by atoms with Gasteiger partial charge in [-0.15, -0.1) is 0 Å². The van der Waals surface area contributed by atoms with Gasteiger partial charge >= 0.3 is 0 Å². The summed E-state index contributed by atoms with van der Waals surface area (Å²) in [5.41, 5.74) is 1.56. The molecule has 2 aromatic rings. The van der Waals surface area contributed by atoms with Crippen LogP contribution in [-0.2, 0) is 11.3 Å². The van der Waals surface area contributed by atoms with E-state index in [1.807, 2.05) is 18.7 Å². The van der Waals surface area contributed by atoms with E-state index in [1.54, 1.807) is 36.4 Å². The zero-order chi connectivity index (χ0) is 24.0. The van der Waals surface area contributed by atoms with Gasteiger partial charge in [0, 0.05) is 30.2 Å². The molecule has 1 atom stereocenters. The molecule has 1 saturated heterocycles. The number of nitrogens with one attached hydrogen (secondary N) is 2. The first-order valence-electron chi connectivity index (χ1n) is 11.3. The SMILES string of the molecule is CC(C)CC(NC(=O)c1ccc(Cl)cc1)C(=O)NCc1ccc(N2CCC(O)CC2)c(F)c1. The van der Waals surface area contributed by atoms with Gasteiger partial charge in [-0.05, 0) is 67.1 Å². The fourth-order valence-electron chi connectivity index (χ4n) is 3.88. The van der Waals surface area contributed by atoms with E-state index in [0.717, 1.165) is 0 Å². The molecule has 1 aliphatic heterocycles. The normalized spacial score (nSPS) is 15.4. The molecule has 1 heterocycles. The van der Waals surface area contributed by atoms with Crippen LogP contribution in [0.25, 0.3) is 0 Å². The summed E-state index contributed by atoms with van der Waals surface area (Å²) >= 11 is 5.88. The molecule has 1 aliphatic rings. The van der Waals surface area contributed by atoms with Gasteiger partial charge in [0.2, 0.25) is 5.91 Å². The molecule has 2 aromatic carbocycles. The van der Waals surface area contributed by atoms with Crippen LogP contribution in [0.2, 0.25) is 5.02 Å². The van der Waals surface area contributed by atoms with Crippen LogP contribution in [0.1, 0.15) is 49.0 Å². The first-order chi connectivity index (χ1) is 15.7. The average Bonchev–Trinajstić information content (AvgIpc) is 2.78. The van der Waals surface area contributed by atoms with Crippen molar-refractivity contribution in [1.82, 2.24) is 10.6 Å². The Bertz CT molecular complexity index is 960. The van der Waals surface area contributed by atoms with Gasteiger partial charge in [0.1, 0.15) is 11.9 Å². The molecular formula is C25H31ClFN3O3. The van der Waals surface area contributed by atoms with Gasteiger partial charge in [-0.3, -0.25) is 9.59 Å². The van der Waals surface area contributed by atoms with E-state index >= 15 is 0 Å². The smallest absolute Gasteiger partial charge is 0.251 e. The van der Waals surface area contributed by atoms with Crippen molar-refractivity contribution in [3.8, 4) is 0 Å².